The number of phosphoric ester groups is 2. The molecule has 0 aliphatic rings. The first-order valence-electron chi connectivity index (χ1n) is 43.5. The fourth-order valence-corrected chi connectivity index (χ4v) is 14.6. The predicted molar refractivity (Wildman–Crippen MR) is 423 cm³/mol. The topological polar surface area (TPSA) is 237 Å². The molecule has 0 radical (unpaired) electrons. The van der Waals surface area contributed by atoms with Gasteiger partial charge in [-0.15, -0.1) is 0 Å². The number of ether oxygens (including phenoxy) is 4. The smallest absolute Gasteiger partial charge is 0.462 e. The second-order valence-electron chi connectivity index (χ2n) is 31.2. The number of phosphoric acid groups is 2. The Labute approximate surface area is 632 Å². The van der Waals surface area contributed by atoms with Gasteiger partial charge in [0.2, 0.25) is 0 Å². The first kappa shape index (κ1) is 101. The van der Waals surface area contributed by atoms with Gasteiger partial charge in [0.15, 0.2) is 12.2 Å². The molecule has 0 aromatic carbocycles. The van der Waals surface area contributed by atoms with Crippen LogP contribution < -0.4 is 0 Å². The third kappa shape index (κ3) is 78.0. The zero-order chi connectivity index (χ0) is 75.6. The summed E-state index contributed by atoms with van der Waals surface area (Å²) in [5.74, 6) is -0.518. The van der Waals surface area contributed by atoms with Gasteiger partial charge in [0, 0.05) is 25.7 Å². The fourth-order valence-electron chi connectivity index (χ4n) is 13.1. The monoisotopic (exact) mass is 1510 g/mol. The summed E-state index contributed by atoms with van der Waals surface area (Å²) in [4.78, 5) is 73.1. The van der Waals surface area contributed by atoms with Crippen LogP contribution in [0.2, 0.25) is 0 Å². The highest BCUT2D eigenvalue weighted by Gasteiger charge is 2.30. The number of hydrogen-bond donors (Lipinski definition) is 3. The van der Waals surface area contributed by atoms with Crippen LogP contribution >= 0.6 is 15.6 Å². The highest BCUT2D eigenvalue weighted by atomic mass is 31.2. The molecule has 5 atom stereocenters. The molecule has 0 saturated heterocycles. The van der Waals surface area contributed by atoms with E-state index >= 15 is 0 Å². The molecule has 3 N–H and O–H groups in total. The van der Waals surface area contributed by atoms with Crippen LogP contribution in [0.3, 0.4) is 0 Å². The van der Waals surface area contributed by atoms with E-state index in [2.05, 4.69) is 41.5 Å². The third-order valence-electron chi connectivity index (χ3n) is 19.7. The molecule has 0 fully saturated rings. The van der Waals surface area contributed by atoms with Gasteiger partial charge in [-0.2, -0.15) is 0 Å². The quantitative estimate of drug-likeness (QED) is 0.0222. The van der Waals surface area contributed by atoms with Gasteiger partial charge in [0.05, 0.1) is 26.4 Å². The minimum atomic E-state index is -4.96. The van der Waals surface area contributed by atoms with Gasteiger partial charge in [-0.05, 0) is 37.5 Å². The number of hydrogen-bond acceptors (Lipinski definition) is 15. The number of aliphatic hydroxyl groups is 1. The molecule has 0 heterocycles. The van der Waals surface area contributed by atoms with E-state index in [0.717, 1.165) is 102 Å². The van der Waals surface area contributed by atoms with Gasteiger partial charge in [-0.25, -0.2) is 9.13 Å². The second kappa shape index (κ2) is 75.5. The zero-order valence-corrected chi connectivity index (χ0v) is 69.4. The van der Waals surface area contributed by atoms with Crippen LogP contribution in [0.4, 0.5) is 0 Å². The maximum atomic E-state index is 13.1. The number of esters is 4. The lowest BCUT2D eigenvalue weighted by Crippen LogP contribution is -2.30. The van der Waals surface area contributed by atoms with Crippen molar-refractivity contribution in [2.75, 3.05) is 39.6 Å². The summed E-state index contributed by atoms with van der Waals surface area (Å²) in [6.07, 6.45) is 66.6. The van der Waals surface area contributed by atoms with Crippen LogP contribution in [0, 0.1) is 11.8 Å². The molecule has 103 heavy (non-hydrogen) atoms. The standard InChI is InChI=1S/C84H164O17P2/c1-7-9-11-13-15-17-19-20-21-22-23-24-25-26-33-38-44-50-56-62-68-83(88)101-80(73-95-82(87)67-61-55-49-43-37-32-28-27-30-35-40-46-52-58-64-76(3)4)75-99-103(92,93)97-71-78(85)70-96-102(90,91)98-74-79(72-94-81(86)66-60-54-48-42-18-16-14-12-10-8-2)100-84(89)69-63-57-51-45-39-34-29-31-36-41-47-53-59-65-77(5)6/h76-80,85H,7-75H2,1-6H3,(H,90,91)(H,92,93)/t78-,79+,80+/m0/s1. The summed E-state index contributed by atoms with van der Waals surface area (Å²) in [5, 5.41) is 10.7. The van der Waals surface area contributed by atoms with Crippen molar-refractivity contribution >= 4 is 39.5 Å². The van der Waals surface area contributed by atoms with Crippen molar-refractivity contribution in [1.29, 1.82) is 0 Å². The molecular weight excluding hydrogens is 1340 g/mol. The molecule has 0 bridgehead atoms. The average Bonchev–Trinajstić information content (AvgIpc) is 0.917. The van der Waals surface area contributed by atoms with E-state index in [4.69, 9.17) is 37.0 Å². The lowest BCUT2D eigenvalue weighted by Gasteiger charge is -2.21. The van der Waals surface area contributed by atoms with E-state index in [1.54, 1.807) is 0 Å². The summed E-state index contributed by atoms with van der Waals surface area (Å²) < 4.78 is 68.8. The molecule has 0 aliphatic heterocycles. The Balaban J connectivity index is 5.23. The van der Waals surface area contributed by atoms with Crippen molar-refractivity contribution in [1.82, 2.24) is 0 Å². The van der Waals surface area contributed by atoms with Crippen molar-refractivity contribution in [3.05, 3.63) is 0 Å². The molecule has 17 nitrogen and oxygen atoms in total. The number of carbonyl (C=O) groups is 4. The number of aliphatic hydroxyl groups excluding tert-OH is 1. The maximum absolute atomic E-state index is 13.1. The zero-order valence-electron chi connectivity index (χ0n) is 67.6. The van der Waals surface area contributed by atoms with E-state index in [1.807, 2.05) is 0 Å². The van der Waals surface area contributed by atoms with Gasteiger partial charge in [0.25, 0.3) is 0 Å². The van der Waals surface area contributed by atoms with Crippen molar-refractivity contribution in [2.45, 2.75) is 464 Å². The summed E-state index contributed by atoms with van der Waals surface area (Å²) in [7, 11) is -9.92. The average molecular weight is 1510 g/mol. The lowest BCUT2D eigenvalue weighted by atomic mass is 10.0. The Bertz CT molecular complexity index is 1980. The maximum Gasteiger partial charge on any atom is 0.472 e. The Hall–Kier alpha value is -1.94. The van der Waals surface area contributed by atoms with Crippen molar-refractivity contribution < 1.29 is 80.2 Å². The van der Waals surface area contributed by atoms with Crippen LogP contribution in [0.25, 0.3) is 0 Å². The molecule has 0 aliphatic carbocycles. The molecule has 0 spiro atoms. The largest absolute Gasteiger partial charge is 0.472 e. The molecule has 0 saturated carbocycles. The van der Waals surface area contributed by atoms with Crippen LogP contribution in [-0.2, 0) is 65.4 Å². The summed E-state index contributed by atoms with van der Waals surface area (Å²) in [6.45, 7) is 9.69. The van der Waals surface area contributed by atoms with Gasteiger partial charge < -0.3 is 33.8 Å². The highest BCUT2D eigenvalue weighted by molar-refractivity contribution is 7.47. The summed E-state index contributed by atoms with van der Waals surface area (Å²) in [6, 6.07) is 0. The van der Waals surface area contributed by atoms with Crippen LogP contribution in [0.15, 0.2) is 0 Å². The summed E-state index contributed by atoms with van der Waals surface area (Å²) in [5.41, 5.74) is 0. The molecule has 612 valence electrons. The third-order valence-corrected chi connectivity index (χ3v) is 21.6. The van der Waals surface area contributed by atoms with Gasteiger partial charge in [-0.3, -0.25) is 37.3 Å². The Morgan fingerprint density at radius 1 is 0.262 bits per heavy atom. The molecule has 2 unspecified atom stereocenters. The predicted octanol–water partition coefficient (Wildman–Crippen LogP) is 25.5. The van der Waals surface area contributed by atoms with Gasteiger partial charge >= 0.3 is 39.5 Å². The molecule has 19 heteroatoms. The van der Waals surface area contributed by atoms with E-state index in [0.29, 0.717) is 25.7 Å². The normalized spacial score (nSPS) is 13.9. The van der Waals surface area contributed by atoms with E-state index < -0.39 is 97.5 Å². The van der Waals surface area contributed by atoms with Gasteiger partial charge in [-0.1, -0.05) is 395 Å². The molecule has 0 rings (SSSR count). The first-order valence-corrected chi connectivity index (χ1v) is 46.5. The van der Waals surface area contributed by atoms with Crippen LogP contribution in [0.5, 0.6) is 0 Å². The molecular formula is C84H164O17P2. The first-order chi connectivity index (χ1) is 49.9. The van der Waals surface area contributed by atoms with E-state index in [1.165, 1.54) is 263 Å². The summed E-state index contributed by atoms with van der Waals surface area (Å²) >= 11 is 0. The number of unbranched alkanes of at least 4 members (excludes halogenated alkanes) is 53. The highest BCUT2D eigenvalue weighted by Crippen LogP contribution is 2.45. The SMILES string of the molecule is CCCCCCCCCCCCCCCCCCCCCCC(=O)O[C@H](COC(=O)CCCCCCCCCCCCCCCCC(C)C)COP(=O)(O)OC[C@@H](O)COP(=O)(O)OC[C@@H](COC(=O)CCCCCCCCCCCC)OC(=O)CCCCCCCCCCCCCCCC(C)C. The van der Waals surface area contributed by atoms with Crippen LogP contribution in [-0.4, -0.2) is 96.7 Å². The van der Waals surface area contributed by atoms with Gasteiger partial charge in [0.1, 0.15) is 19.3 Å². The van der Waals surface area contributed by atoms with E-state index in [9.17, 15) is 43.2 Å². The van der Waals surface area contributed by atoms with Crippen molar-refractivity contribution in [3.8, 4) is 0 Å². The Kier molecular flexibility index (Phi) is 74.1. The fraction of sp³-hybridized carbons (Fsp3) is 0.952. The number of rotatable bonds is 83. The second-order valence-corrected chi connectivity index (χ2v) is 34.1. The minimum absolute atomic E-state index is 0.108. The van der Waals surface area contributed by atoms with Crippen molar-refractivity contribution in [3.63, 3.8) is 0 Å². The molecule has 0 aromatic heterocycles. The molecule has 0 amide bonds. The van der Waals surface area contributed by atoms with E-state index in [-0.39, 0.29) is 25.7 Å². The lowest BCUT2D eigenvalue weighted by molar-refractivity contribution is -0.161. The van der Waals surface area contributed by atoms with Crippen LogP contribution in [0.1, 0.15) is 446 Å². The number of carbonyl (C=O) groups excluding carboxylic acids is 4. The Morgan fingerprint density at radius 2 is 0.447 bits per heavy atom. The van der Waals surface area contributed by atoms with Crippen molar-refractivity contribution in [2.24, 2.45) is 11.8 Å². The Morgan fingerprint density at radius 3 is 0.660 bits per heavy atom. The minimum Gasteiger partial charge on any atom is -0.462 e. The molecule has 0 aromatic rings.